The number of esters is 1. The molecule has 0 aliphatic carbocycles. The fourth-order valence-electron chi connectivity index (χ4n) is 4.62. The van der Waals surface area contributed by atoms with E-state index in [1.165, 1.54) is 55.7 Å². The van der Waals surface area contributed by atoms with E-state index in [1.807, 2.05) is 0 Å². The third-order valence-corrected chi connectivity index (χ3v) is 8.79. The summed E-state index contributed by atoms with van der Waals surface area (Å²) in [5.41, 5.74) is -0.898. The Labute approximate surface area is 267 Å². The minimum atomic E-state index is -3.70. The van der Waals surface area contributed by atoms with Crippen LogP contribution in [-0.2, 0) is 19.4 Å². The number of hydrogen-bond acceptors (Lipinski definition) is 10. The van der Waals surface area contributed by atoms with Gasteiger partial charge in [-0.15, -0.1) is 0 Å². The molecule has 1 aliphatic rings. The normalized spacial score (nSPS) is 15.9. The molecule has 0 spiro atoms. The number of carbonyl (C=O) groups is 3. The van der Waals surface area contributed by atoms with Crippen LogP contribution in [0, 0.1) is 5.92 Å². The third-order valence-electron chi connectivity index (χ3n) is 6.83. The molecule has 240 valence electrons. The molecule has 45 heavy (non-hydrogen) atoms. The molecule has 3 N–H and O–H groups in total. The molecule has 0 saturated carbocycles. The van der Waals surface area contributed by atoms with Gasteiger partial charge in [-0.25, -0.2) is 23.2 Å². The summed E-state index contributed by atoms with van der Waals surface area (Å²) in [5, 5.41) is 8.92. The Morgan fingerprint density at radius 1 is 1.09 bits per heavy atom. The molecule has 3 aromatic rings. The van der Waals surface area contributed by atoms with Crippen molar-refractivity contribution in [2.75, 3.05) is 29.5 Å². The number of nitrogens with zero attached hydrogens (tertiary/aromatic N) is 2. The summed E-state index contributed by atoms with van der Waals surface area (Å²) < 4.78 is 37.5. The zero-order chi connectivity index (χ0) is 32.8. The summed E-state index contributed by atoms with van der Waals surface area (Å²) in [6.45, 7) is 7.96. The number of amides is 2. The van der Waals surface area contributed by atoms with Crippen LogP contribution in [0.15, 0.2) is 59.8 Å². The molecule has 0 bridgehead atoms. The van der Waals surface area contributed by atoms with Gasteiger partial charge in [0.25, 0.3) is 11.8 Å². The van der Waals surface area contributed by atoms with Crippen molar-refractivity contribution in [1.29, 1.82) is 0 Å². The van der Waals surface area contributed by atoms with Crippen LogP contribution in [0.2, 0.25) is 5.02 Å². The summed E-state index contributed by atoms with van der Waals surface area (Å²) in [4.78, 5) is 48.3. The van der Waals surface area contributed by atoms with Gasteiger partial charge in [0.2, 0.25) is 0 Å². The number of carbonyl (C=O) groups excluding carboxylic acids is 3. The fourth-order valence-corrected chi connectivity index (χ4v) is 5.63. The van der Waals surface area contributed by atoms with Crippen LogP contribution < -0.4 is 20.7 Å². The maximum absolute atomic E-state index is 13.7. The van der Waals surface area contributed by atoms with Gasteiger partial charge in [0.05, 0.1) is 26.9 Å². The molecular weight excluding hydrogens is 622 g/mol. The standard InChI is InChI=1S/C31H36ClN5O7S/c1-5-45(41,42)21-11-12-22(24(16-21)43-27(19-8-6-14-33-17-19)30(40)44-31(2,3)4)28(38)36-23-9-7-15-34-26(23)29(39)37-25-13-10-20(32)18-35-25/h7,9-13,15-16,18-19,27,33H,5-6,8,14,17H2,1-4H3,(H,36,38)(H,35,37,39). The lowest BCUT2D eigenvalue weighted by atomic mass is 9.93. The number of nitrogens with one attached hydrogen (secondary N) is 3. The Morgan fingerprint density at radius 3 is 2.51 bits per heavy atom. The van der Waals surface area contributed by atoms with Crippen LogP contribution >= 0.6 is 11.6 Å². The number of halogens is 1. The van der Waals surface area contributed by atoms with Crippen LogP contribution in [0.1, 0.15) is 61.4 Å². The minimum Gasteiger partial charge on any atom is -0.477 e. The average molecular weight is 658 g/mol. The van der Waals surface area contributed by atoms with Gasteiger partial charge in [-0.05, 0) is 82.6 Å². The minimum absolute atomic E-state index is 0.0584. The number of hydrogen-bond donors (Lipinski definition) is 3. The molecule has 1 aliphatic heterocycles. The number of anilines is 2. The zero-order valence-electron chi connectivity index (χ0n) is 25.4. The Kier molecular flexibility index (Phi) is 10.8. The van der Waals surface area contributed by atoms with Crippen LogP contribution in [0.3, 0.4) is 0 Å². The molecule has 2 amide bonds. The Balaban J connectivity index is 1.69. The third kappa shape index (κ3) is 8.99. The van der Waals surface area contributed by atoms with Crippen molar-refractivity contribution in [1.82, 2.24) is 15.3 Å². The predicted octanol–water partition coefficient (Wildman–Crippen LogP) is 4.52. The number of benzene rings is 1. The SMILES string of the molecule is CCS(=O)(=O)c1ccc(C(=O)Nc2cccnc2C(=O)Nc2ccc(Cl)cn2)c(OC(C(=O)OC(C)(C)C)C2CCCNC2)c1. The average Bonchev–Trinajstić information content (AvgIpc) is 3.00. The molecule has 0 radical (unpaired) electrons. The van der Waals surface area contributed by atoms with E-state index in [2.05, 4.69) is 25.9 Å². The lowest BCUT2D eigenvalue weighted by molar-refractivity contribution is -0.166. The molecule has 2 aromatic heterocycles. The first-order valence-corrected chi connectivity index (χ1v) is 16.5. The maximum Gasteiger partial charge on any atom is 0.348 e. The molecule has 1 saturated heterocycles. The van der Waals surface area contributed by atoms with Gasteiger partial charge in [0, 0.05) is 24.9 Å². The summed E-state index contributed by atoms with van der Waals surface area (Å²) in [7, 11) is -3.70. The second kappa shape index (κ2) is 14.4. The van der Waals surface area contributed by atoms with Crippen molar-refractivity contribution in [3.8, 4) is 5.75 Å². The van der Waals surface area contributed by atoms with Gasteiger partial charge in [0.1, 0.15) is 17.2 Å². The van der Waals surface area contributed by atoms with E-state index in [-0.39, 0.29) is 45.1 Å². The van der Waals surface area contributed by atoms with E-state index < -0.39 is 39.3 Å². The van der Waals surface area contributed by atoms with Gasteiger partial charge >= 0.3 is 5.97 Å². The van der Waals surface area contributed by atoms with Crippen molar-refractivity contribution >= 4 is 50.7 Å². The summed E-state index contributed by atoms with van der Waals surface area (Å²) >= 11 is 5.88. The molecule has 2 unspecified atom stereocenters. The van der Waals surface area contributed by atoms with Crippen molar-refractivity contribution in [3.05, 3.63) is 71.1 Å². The first-order chi connectivity index (χ1) is 21.3. The topological polar surface area (TPSA) is 166 Å². The van der Waals surface area contributed by atoms with Gasteiger partial charge in [-0.2, -0.15) is 0 Å². The molecule has 14 heteroatoms. The molecular formula is C31H36ClN5O7S. The van der Waals surface area contributed by atoms with Crippen LogP contribution in [0.5, 0.6) is 5.75 Å². The second-order valence-corrected chi connectivity index (χ2v) is 14.1. The van der Waals surface area contributed by atoms with Crippen LogP contribution in [0.25, 0.3) is 0 Å². The van der Waals surface area contributed by atoms with Gasteiger partial charge in [0.15, 0.2) is 21.6 Å². The molecule has 1 fully saturated rings. The number of pyridine rings is 2. The maximum atomic E-state index is 13.7. The highest BCUT2D eigenvalue weighted by atomic mass is 35.5. The first-order valence-electron chi connectivity index (χ1n) is 14.4. The van der Waals surface area contributed by atoms with E-state index in [0.29, 0.717) is 18.0 Å². The van der Waals surface area contributed by atoms with Crippen LogP contribution in [0.4, 0.5) is 11.5 Å². The highest BCUT2D eigenvalue weighted by Gasteiger charge is 2.36. The van der Waals surface area contributed by atoms with Gasteiger partial charge < -0.3 is 25.4 Å². The quantitative estimate of drug-likeness (QED) is 0.264. The second-order valence-electron chi connectivity index (χ2n) is 11.4. The van der Waals surface area contributed by atoms with E-state index in [1.54, 1.807) is 26.8 Å². The highest BCUT2D eigenvalue weighted by molar-refractivity contribution is 7.91. The van der Waals surface area contributed by atoms with E-state index in [4.69, 9.17) is 21.1 Å². The van der Waals surface area contributed by atoms with Crippen molar-refractivity contribution < 1.29 is 32.3 Å². The predicted molar refractivity (Wildman–Crippen MR) is 169 cm³/mol. The van der Waals surface area contributed by atoms with E-state index in [9.17, 15) is 22.8 Å². The Bertz CT molecular complexity index is 1650. The number of aromatic nitrogens is 2. The van der Waals surface area contributed by atoms with Crippen molar-refractivity contribution in [2.45, 2.75) is 57.1 Å². The molecule has 1 aromatic carbocycles. The van der Waals surface area contributed by atoms with Gasteiger partial charge in [-0.3, -0.25) is 9.59 Å². The number of ether oxygens (including phenoxy) is 2. The first kappa shape index (κ1) is 33.8. The van der Waals surface area contributed by atoms with Crippen molar-refractivity contribution in [2.24, 2.45) is 5.92 Å². The summed E-state index contributed by atoms with van der Waals surface area (Å²) in [6, 6.07) is 9.95. The fraction of sp³-hybridized carbons (Fsp3) is 0.387. The molecule has 3 heterocycles. The molecule has 12 nitrogen and oxygen atoms in total. The Morgan fingerprint density at radius 2 is 1.87 bits per heavy atom. The summed E-state index contributed by atoms with van der Waals surface area (Å²) in [6.07, 6.45) is 3.08. The van der Waals surface area contributed by atoms with Crippen molar-refractivity contribution in [3.63, 3.8) is 0 Å². The molecule has 4 rings (SSSR count). The van der Waals surface area contributed by atoms with Crippen LogP contribution in [-0.4, -0.2) is 66.7 Å². The van der Waals surface area contributed by atoms with Gasteiger partial charge in [-0.1, -0.05) is 18.5 Å². The monoisotopic (exact) mass is 657 g/mol. The summed E-state index contributed by atoms with van der Waals surface area (Å²) in [5.74, 6) is -2.38. The number of sulfone groups is 1. The number of rotatable bonds is 10. The van der Waals surface area contributed by atoms with E-state index >= 15 is 0 Å². The highest BCUT2D eigenvalue weighted by Crippen LogP contribution is 2.30. The lowest BCUT2D eigenvalue weighted by Crippen LogP contribution is -2.46. The lowest BCUT2D eigenvalue weighted by Gasteiger charge is -2.32. The molecule has 2 atom stereocenters. The van der Waals surface area contributed by atoms with E-state index in [0.717, 1.165) is 13.0 Å². The Hall–Kier alpha value is -4.07. The zero-order valence-corrected chi connectivity index (χ0v) is 27.0. The smallest absolute Gasteiger partial charge is 0.348 e. The largest absolute Gasteiger partial charge is 0.477 e. The number of piperidine rings is 1.